The van der Waals surface area contributed by atoms with Crippen molar-refractivity contribution in [3.8, 4) is 11.5 Å². The van der Waals surface area contributed by atoms with Gasteiger partial charge in [-0.25, -0.2) is 0 Å². The van der Waals surface area contributed by atoms with Gasteiger partial charge in [0, 0.05) is 30.7 Å². The molecular formula is C13H16N4O3. The minimum absolute atomic E-state index is 0.0391. The molecule has 7 heteroatoms. The lowest BCUT2D eigenvalue weighted by Crippen LogP contribution is -2.17. The van der Waals surface area contributed by atoms with E-state index in [1.807, 2.05) is 0 Å². The highest BCUT2D eigenvalue weighted by molar-refractivity contribution is 5.55. The molecule has 0 unspecified atom stereocenters. The number of nitrogens with zero attached hydrogens (tertiary/aromatic N) is 3. The third kappa shape index (κ3) is 3.61. The van der Waals surface area contributed by atoms with Gasteiger partial charge in [-0.3, -0.25) is 10.1 Å². The Bertz CT molecular complexity index is 565. The topological polar surface area (TPSA) is 94.1 Å². The number of nitro benzene ring substituents is 1. The Balaban J connectivity index is 1.99. The molecule has 0 saturated carbocycles. The van der Waals surface area contributed by atoms with E-state index in [9.17, 15) is 10.1 Å². The quantitative estimate of drug-likeness (QED) is 0.473. The van der Waals surface area contributed by atoms with E-state index >= 15 is 0 Å². The molecule has 7 nitrogen and oxygen atoms in total. The van der Waals surface area contributed by atoms with E-state index in [2.05, 4.69) is 22.4 Å². The summed E-state index contributed by atoms with van der Waals surface area (Å²) >= 11 is 0. The maximum Gasteiger partial charge on any atom is 0.269 e. The second kappa shape index (κ2) is 6.76. The molecular weight excluding hydrogens is 260 g/mol. The lowest BCUT2D eigenvalue weighted by atomic mass is 10.2. The van der Waals surface area contributed by atoms with Gasteiger partial charge in [0.15, 0.2) is 0 Å². The first kappa shape index (κ1) is 14.1. The van der Waals surface area contributed by atoms with Gasteiger partial charge < -0.3 is 9.73 Å². The third-order valence-corrected chi connectivity index (χ3v) is 2.73. The molecule has 0 bridgehead atoms. The molecule has 0 aliphatic carbocycles. The average Bonchev–Trinajstić information content (AvgIpc) is 2.92. The van der Waals surface area contributed by atoms with Gasteiger partial charge >= 0.3 is 0 Å². The van der Waals surface area contributed by atoms with E-state index in [-0.39, 0.29) is 5.69 Å². The van der Waals surface area contributed by atoms with Crippen LogP contribution < -0.4 is 5.32 Å². The summed E-state index contributed by atoms with van der Waals surface area (Å²) in [5.74, 6) is 0.937. The van der Waals surface area contributed by atoms with Crippen LogP contribution in [-0.4, -0.2) is 28.2 Å². The van der Waals surface area contributed by atoms with Crippen molar-refractivity contribution in [2.75, 3.05) is 13.1 Å². The summed E-state index contributed by atoms with van der Waals surface area (Å²) in [5, 5.41) is 21.7. The predicted octanol–water partition coefficient (Wildman–Crippen LogP) is 2.19. The van der Waals surface area contributed by atoms with Gasteiger partial charge in [0.25, 0.3) is 5.69 Å². The monoisotopic (exact) mass is 276 g/mol. The van der Waals surface area contributed by atoms with Gasteiger partial charge in [0.2, 0.25) is 11.8 Å². The van der Waals surface area contributed by atoms with E-state index in [0.29, 0.717) is 23.8 Å². The number of hydrogen-bond donors (Lipinski definition) is 1. The Labute approximate surface area is 116 Å². The van der Waals surface area contributed by atoms with Crippen molar-refractivity contribution in [2.45, 2.75) is 19.8 Å². The first-order valence-electron chi connectivity index (χ1n) is 6.48. The van der Waals surface area contributed by atoms with Gasteiger partial charge in [-0.2, -0.15) is 0 Å². The number of rotatable bonds is 7. The maximum atomic E-state index is 10.6. The predicted molar refractivity (Wildman–Crippen MR) is 73.3 cm³/mol. The Hall–Kier alpha value is -2.28. The summed E-state index contributed by atoms with van der Waals surface area (Å²) in [5.41, 5.74) is 0.716. The van der Waals surface area contributed by atoms with Gasteiger partial charge in [-0.05, 0) is 25.1 Å². The van der Waals surface area contributed by atoms with Crippen LogP contribution in [0.4, 0.5) is 5.69 Å². The van der Waals surface area contributed by atoms with Crippen LogP contribution in [0.5, 0.6) is 0 Å². The average molecular weight is 276 g/mol. The van der Waals surface area contributed by atoms with Crippen molar-refractivity contribution >= 4 is 5.69 Å². The molecule has 0 spiro atoms. The first-order valence-corrected chi connectivity index (χ1v) is 6.48. The smallest absolute Gasteiger partial charge is 0.269 e. The summed E-state index contributed by atoms with van der Waals surface area (Å²) in [6.45, 7) is 3.85. The lowest BCUT2D eigenvalue weighted by Gasteiger charge is -1.98. The zero-order valence-electron chi connectivity index (χ0n) is 11.2. The number of aromatic nitrogens is 2. The standard InChI is InChI=1S/C13H16N4O3/c1-2-8-14-9-7-12-15-16-13(20-12)10-3-5-11(6-4-10)17(18)19/h3-6,14H,2,7-9H2,1H3. The summed E-state index contributed by atoms with van der Waals surface area (Å²) < 4.78 is 5.52. The molecule has 1 heterocycles. The lowest BCUT2D eigenvalue weighted by molar-refractivity contribution is -0.384. The summed E-state index contributed by atoms with van der Waals surface area (Å²) in [6, 6.07) is 6.04. The second-order valence-corrected chi connectivity index (χ2v) is 4.30. The zero-order valence-corrected chi connectivity index (χ0v) is 11.2. The molecule has 0 amide bonds. The molecule has 0 radical (unpaired) electrons. The number of hydrogen-bond acceptors (Lipinski definition) is 6. The summed E-state index contributed by atoms with van der Waals surface area (Å²) in [7, 11) is 0. The van der Waals surface area contributed by atoms with E-state index in [1.54, 1.807) is 12.1 Å². The molecule has 0 atom stereocenters. The van der Waals surface area contributed by atoms with E-state index in [4.69, 9.17) is 4.42 Å². The molecule has 2 rings (SSSR count). The van der Waals surface area contributed by atoms with Crippen LogP contribution in [-0.2, 0) is 6.42 Å². The molecule has 20 heavy (non-hydrogen) atoms. The van der Waals surface area contributed by atoms with Crippen LogP contribution in [0.1, 0.15) is 19.2 Å². The summed E-state index contributed by atoms with van der Waals surface area (Å²) in [6.07, 6.45) is 1.75. The highest BCUT2D eigenvalue weighted by atomic mass is 16.6. The number of benzene rings is 1. The first-order chi connectivity index (χ1) is 9.70. The van der Waals surface area contributed by atoms with Crippen molar-refractivity contribution in [3.05, 3.63) is 40.3 Å². The van der Waals surface area contributed by atoms with Crippen LogP contribution >= 0.6 is 0 Å². The fourth-order valence-electron chi connectivity index (χ4n) is 1.69. The van der Waals surface area contributed by atoms with Gasteiger partial charge in [-0.1, -0.05) is 6.92 Å². The highest BCUT2D eigenvalue weighted by Gasteiger charge is 2.10. The van der Waals surface area contributed by atoms with E-state index in [1.165, 1.54) is 12.1 Å². The number of non-ortho nitro benzene ring substituents is 1. The minimum Gasteiger partial charge on any atom is -0.421 e. The number of nitro groups is 1. The van der Waals surface area contributed by atoms with Crippen LogP contribution in [0.2, 0.25) is 0 Å². The van der Waals surface area contributed by atoms with Crippen molar-refractivity contribution in [1.82, 2.24) is 15.5 Å². The maximum absolute atomic E-state index is 10.6. The van der Waals surface area contributed by atoms with Crippen LogP contribution in [0.15, 0.2) is 28.7 Å². The highest BCUT2D eigenvalue weighted by Crippen LogP contribution is 2.21. The van der Waals surface area contributed by atoms with Crippen molar-refractivity contribution < 1.29 is 9.34 Å². The number of nitrogens with one attached hydrogen (secondary N) is 1. The molecule has 0 aliphatic rings. The zero-order chi connectivity index (χ0) is 14.4. The van der Waals surface area contributed by atoms with Crippen LogP contribution in [0, 0.1) is 10.1 Å². The minimum atomic E-state index is -0.442. The molecule has 1 aromatic carbocycles. The largest absolute Gasteiger partial charge is 0.421 e. The second-order valence-electron chi connectivity index (χ2n) is 4.30. The fourth-order valence-corrected chi connectivity index (χ4v) is 1.69. The Morgan fingerprint density at radius 3 is 2.65 bits per heavy atom. The molecule has 0 saturated heterocycles. The van der Waals surface area contributed by atoms with Crippen LogP contribution in [0.3, 0.4) is 0 Å². The Morgan fingerprint density at radius 1 is 1.25 bits per heavy atom. The van der Waals surface area contributed by atoms with E-state index < -0.39 is 4.92 Å². The fraction of sp³-hybridized carbons (Fsp3) is 0.385. The van der Waals surface area contributed by atoms with Crippen molar-refractivity contribution in [1.29, 1.82) is 0 Å². The molecule has 0 fully saturated rings. The van der Waals surface area contributed by atoms with Crippen LogP contribution in [0.25, 0.3) is 11.5 Å². The SMILES string of the molecule is CCCNCCc1nnc(-c2ccc([N+](=O)[O-])cc2)o1. The molecule has 2 aromatic rings. The molecule has 1 aromatic heterocycles. The van der Waals surface area contributed by atoms with Gasteiger partial charge in [0.05, 0.1) is 4.92 Å². The third-order valence-electron chi connectivity index (χ3n) is 2.73. The summed E-state index contributed by atoms with van der Waals surface area (Å²) in [4.78, 5) is 10.1. The van der Waals surface area contributed by atoms with Gasteiger partial charge in [-0.15, -0.1) is 10.2 Å². The molecule has 0 aliphatic heterocycles. The molecule has 1 N–H and O–H groups in total. The molecule has 106 valence electrons. The normalized spacial score (nSPS) is 10.7. The van der Waals surface area contributed by atoms with Crippen molar-refractivity contribution in [2.24, 2.45) is 0 Å². The Kier molecular flexibility index (Phi) is 4.78. The van der Waals surface area contributed by atoms with E-state index in [0.717, 1.165) is 19.5 Å². The van der Waals surface area contributed by atoms with Gasteiger partial charge in [0.1, 0.15) is 0 Å². The van der Waals surface area contributed by atoms with Crippen molar-refractivity contribution in [3.63, 3.8) is 0 Å². The Morgan fingerprint density at radius 2 is 2.00 bits per heavy atom.